The Morgan fingerprint density at radius 1 is 0.783 bits per heavy atom. The summed E-state index contributed by atoms with van der Waals surface area (Å²) in [5, 5.41) is 0. The summed E-state index contributed by atoms with van der Waals surface area (Å²) in [6.07, 6.45) is 4.73. The third-order valence-corrected chi connectivity index (χ3v) is 3.41. The quantitative estimate of drug-likeness (QED) is 0.669. The van der Waals surface area contributed by atoms with Crippen molar-refractivity contribution in [2.24, 2.45) is 0 Å². The second-order valence-corrected chi connectivity index (χ2v) is 5.23. The van der Waals surface area contributed by atoms with E-state index in [1.807, 2.05) is 73.7 Å². The zero-order chi connectivity index (χ0) is 16.1. The Morgan fingerprint density at radius 3 is 2.26 bits per heavy atom. The molecule has 3 heteroatoms. The Morgan fingerprint density at radius 2 is 1.48 bits per heavy atom. The highest BCUT2D eigenvalue weighted by Gasteiger charge is 2.01. The van der Waals surface area contributed by atoms with E-state index in [0.717, 1.165) is 34.6 Å². The summed E-state index contributed by atoms with van der Waals surface area (Å²) in [7, 11) is 0. The molecule has 3 nitrogen and oxygen atoms in total. The van der Waals surface area contributed by atoms with E-state index in [1.54, 1.807) is 6.07 Å². The highest BCUT2D eigenvalue weighted by molar-refractivity contribution is 5.78. The van der Waals surface area contributed by atoms with Crippen LogP contribution in [0.5, 0.6) is 0 Å². The van der Waals surface area contributed by atoms with Crippen LogP contribution in [0.1, 0.15) is 27.3 Å². The lowest BCUT2D eigenvalue weighted by Gasteiger charge is -2.02. The fraction of sp³-hybridized carbons (Fsp3) is 0.0500. The average Bonchev–Trinajstić information content (AvgIpc) is 2.60. The van der Waals surface area contributed by atoms with Gasteiger partial charge >= 0.3 is 0 Å². The number of carbonyl (C=O) groups is 1. The van der Waals surface area contributed by atoms with Gasteiger partial charge in [0.25, 0.3) is 0 Å². The first kappa shape index (κ1) is 14.9. The predicted octanol–water partition coefficient (Wildman–Crippen LogP) is 4.43. The highest BCUT2D eigenvalue weighted by atomic mass is 16.1. The van der Waals surface area contributed by atoms with Crippen LogP contribution in [0.2, 0.25) is 0 Å². The van der Waals surface area contributed by atoms with Gasteiger partial charge in [0.05, 0.1) is 17.1 Å². The van der Waals surface area contributed by atoms with E-state index in [9.17, 15) is 4.79 Å². The zero-order valence-corrected chi connectivity index (χ0v) is 12.8. The molecule has 0 amide bonds. The smallest absolute Gasteiger partial charge is 0.150 e. The topological polar surface area (TPSA) is 42.9 Å². The Labute approximate surface area is 135 Å². The highest BCUT2D eigenvalue weighted by Crippen LogP contribution is 2.16. The number of carbonyl (C=O) groups excluding carboxylic acids is 1. The number of aldehydes is 1. The van der Waals surface area contributed by atoms with Crippen LogP contribution in [0.15, 0.2) is 60.7 Å². The molecule has 0 radical (unpaired) electrons. The fourth-order valence-corrected chi connectivity index (χ4v) is 2.29. The Hall–Kier alpha value is -3.07. The maximum atomic E-state index is 10.8. The second-order valence-electron chi connectivity index (χ2n) is 5.23. The first-order valence-electron chi connectivity index (χ1n) is 7.39. The molecule has 112 valence electrons. The number of pyridine rings is 2. The normalized spacial score (nSPS) is 10.8. The lowest BCUT2D eigenvalue weighted by atomic mass is 10.1. The van der Waals surface area contributed by atoms with E-state index in [-0.39, 0.29) is 0 Å². The zero-order valence-electron chi connectivity index (χ0n) is 12.8. The van der Waals surface area contributed by atoms with Gasteiger partial charge in [0.1, 0.15) is 6.29 Å². The lowest BCUT2D eigenvalue weighted by molar-refractivity contribution is 0.112. The number of hydrogen-bond donors (Lipinski definition) is 0. The van der Waals surface area contributed by atoms with Crippen LogP contribution in [-0.4, -0.2) is 16.3 Å². The maximum Gasteiger partial charge on any atom is 0.150 e. The largest absolute Gasteiger partial charge is 0.298 e. The van der Waals surface area contributed by atoms with Gasteiger partial charge in [-0.1, -0.05) is 36.4 Å². The maximum absolute atomic E-state index is 10.8. The molecule has 1 aromatic carbocycles. The van der Waals surface area contributed by atoms with Gasteiger partial charge in [-0.3, -0.25) is 9.78 Å². The molecule has 0 saturated carbocycles. The summed E-state index contributed by atoms with van der Waals surface area (Å²) in [4.78, 5) is 19.9. The van der Waals surface area contributed by atoms with Crippen molar-refractivity contribution in [2.75, 3.05) is 0 Å². The number of benzene rings is 1. The molecule has 2 heterocycles. The van der Waals surface area contributed by atoms with Crippen molar-refractivity contribution < 1.29 is 4.79 Å². The van der Waals surface area contributed by atoms with Crippen LogP contribution in [0.25, 0.3) is 23.5 Å². The molecule has 0 fully saturated rings. The van der Waals surface area contributed by atoms with Gasteiger partial charge in [-0.25, -0.2) is 4.98 Å². The minimum atomic E-state index is 0.665. The van der Waals surface area contributed by atoms with Crippen LogP contribution in [0, 0.1) is 6.92 Å². The second kappa shape index (κ2) is 6.79. The molecule has 0 atom stereocenters. The van der Waals surface area contributed by atoms with E-state index in [2.05, 4.69) is 9.97 Å². The molecule has 3 rings (SSSR count). The molecule has 0 bridgehead atoms. The first-order valence-corrected chi connectivity index (χ1v) is 7.39. The number of nitrogens with zero attached hydrogens (tertiary/aromatic N) is 2. The van der Waals surface area contributed by atoms with E-state index >= 15 is 0 Å². The average molecular weight is 300 g/mol. The van der Waals surface area contributed by atoms with E-state index in [0.29, 0.717) is 5.56 Å². The van der Waals surface area contributed by atoms with Gasteiger partial charge in [0.2, 0.25) is 0 Å². The molecule has 2 aromatic heterocycles. The summed E-state index contributed by atoms with van der Waals surface area (Å²) >= 11 is 0. The molecular weight excluding hydrogens is 284 g/mol. The molecule has 0 saturated heterocycles. The summed E-state index contributed by atoms with van der Waals surface area (Å²) in [5.74, 6) is 0. The van der Waals surface area contributed by atoms with E-state index in [1.165, 1.54) is 0 Å². The van der Waals surface area contributed by atoms with Gasteiger partial charge in [-0.15, -0.1) is 0 Å². The van der Waals surface area contributed by atoms with Gasteiger partial charge in [0, 0.05) is 11.3 Å². The lowest BCUT2D eigenvalue weighted by Crippen LogP contribution is -1.90. The number of hydrogen-bond acceptors (Lipinski definition) is 3. The SMILES string of the molecule is Cc1cccc(-c2cccc(/C=C/c3cccc(C=O)c3)n2)n1. The summed E-state index contributed by atoms with van der Waals surface area (Å²) in [6.45, 7) is 1.97. The first-order chi connectivity index (χ1) is 11.2. The minimum Gasteiger partial charge on any atom is -0.298 e. The number of aromatic nitrogens is 2. The van der Waals surface area contributed by atoms with Gasteiger partial charge in [0.15, 0.2) is 0 Å². The van der Waals surface area contributed by atoms with Crippen LogP contribution in [0.3, 0.4) is 0 Å². The van der Waals surface area contributed by atoms with Crippen molar-refractivity contribution in [1.82, 2.24) is 9.97 Å². The van der Waals surface area contributed by atoms with Crippen molar-refractivity contribution in [3.8, 4) is 11.4 Å². The third-order valence-electron chi connectivity index (χ3n) is 3.41. The monoisotopic (exact) mass is 300 g/mol. The molecule has 0 unspecified atom stereocenters. The van der Waals surface area contributed by atoms with E-state index in [4.69, 9.17) is 0 Å². The molecule has 0 aliphatic heterocycles. The summed E-state index contributed by atoms with van der Waals surface area (Å²) in [6, 6.07) is 19.2. The van der Waals surface area contributed by atoms with Crippen molar-refractivity contribution in [1.29, 1.82) is 0 Å². The molecule has 0 aliphatic rings. The van der Waals surface area contributed by atoms with Crippen molar-refractivity contribution in [2.45, 2.75) is 6.92 Å². The van der Waals surface area contributed by atoms with Crippen molar-refractivity contribution in [3.05, 3.63) is 83.2 Å². The molecule has 23 heavy (non-hydrogen) atoms. The molecular formula is C20H16N2O. The van der Waals surface area contributed by atoms with Gasteiger partial charge in [-0.2, -0.15) is 0 Å². The predicted molar refractivity (Wildman–Crippen MR) is 93.0 cm³/mol. The van der Waals surface area contributed by atoms with Crippen LogP contribution < -0.4 is 0 Å². The van der Waals surface area contributed by atoms with Gasteiger partial charge in [-0.05, 0) is 48.9 Å². The van der Waals surface area contributed by atoms with Crippen molar-refractivity contribution >= 4 is 18.4 Å². The fourth-order valence-electron chi connectivity index (χ4n) is 2.29. The summed E-state index contributed by atoms with van der Waals surface area (Å²) in [5.41, 5.74) is 5.16. The molecule has 0 aliphatic carbocycles. The van der Waals surface area contributed by atoms with Crippen LogP contribution >= 0.6 is 0 Å². The Balaban J connectivity index is 1.87. The molecule has 3 aromatic rings. The third kappa shape index (κ3) is 3.77. The Kier molecular flexibility index (Phi) is 4.39. The molecule has 0 N–H and O–H groups in total. The standard InChI is InChI=1S/C20H16N2O/c1-15-5-2-9-19(21-15)20-10-4-8-18(22-20)12-11-16-6-3-7-17(13-16)14-23/h2-14H,1H3/b12-11+. The number of aryl methyl sites for hydroxylation is 1. The molecule has 0 spiro atoms. The number of rotatable bonds is 4. The van der Waals surface area contributed by atoms with E-state index < -0.39 is 0 Å². The van der Waals surface area contributed by atoms with Crippen molar-refractivity contribution in [3.63, 3.8) is 0 Å². The Bertz CT molecular complexity index is 869. The van der Waals surface area contributed by atoms with Gasteiger partial charge < -0.3 is 0 Å². The van der Waals surface area contributed by atoms with Crippen LogP contribution in [0.4, 0.5) is 0 Å². The minimum absolute atomic E-state index is 0.665. The van der Waals surface area contributed by atoms with Crippen LogP contribution in [-0.2, 0) is 0 Å². The summed E-state index contributed by atoms with van der Waals surface area (Å²) < 4.78 is 0.